The average molecular weight is 405 g/mol. The maximum Gasteiger partial charge on any atom is 0.338 e. The van der Waals surface area contributed by atoms with Crippen LogP contribution in [0.3, 0.4) is 0 Å². The maximum atomic E-state index is 6.45. The normalized spacial score (nSPS) is 21.6. The van der Waals surface area contributed by atoms with Gasteiger partial charge in [-0.1, -0.05) is 26.7 Å². The van der Waals surface area contributed by atoms with Gasteiger partial charge in [-0.2, -0.15) is 0 Å². The van der Waals surface area contributed by atoms with Crippen LogP contribution in [0.4, 0.5) is 0 Å². The van der Waals surface area contributed by atoms with Crippen LogP contribution in [0.2, 0.25) is 12.1 Å². The molecular formula is C20H40O6Si. The van der Waals surface area contributed by atoms with Gasteiger partial charge in [0.25, 0.3) is 0 Å². The molecule has 2 atom stereocenters. The van der Waals surface area contributed by atoms with Crippen molar-refractivity contribution < 1.29 is 27.8 Å². The summed E-state index contributed by atoms with van der Waals surface area (Å²) >= 11 is 0. The molecule has 0 saturated carbocycles. The zero-order valence-corrected chi connectivity index (χ0v) is 18.4. The molecule has 0 N–H and O–H groups in total. The molecule has 0 spiro atoms. The monoisotopic (exact) mass is 404 g/mol. The first kappa shape index (κ1) is 23.3. The fraction of sp³-hybridized carbons (Fsp3) is 1.00. The van der Waals surface area contributed by atoms with E-state index in [0.29, 0.717) is 12.2 Å². The summed E-state index contributed by atoms with van der Waals surface area (Å²) in [6.45, 7) is 10.7. The van der Waals surface area contributed by atoms with E-state index in [0.717, 1.165) is 103 Å². The van der Waals surface area contributed by atoms with Gasteiger partial charge in [-0.05, 0) is 37.8 Å². The summed E-state index contributed by atoms with van der Waals surface area (Å²) < 4.78 is 34.8. The van der Waals surface area contributed by atoms with Gasteiger partial charge in [0.2, 0.25) is 0 Å². The lowest BCUT2D eigenvalue weighted by Crippen LogP contribution is -2.43. The van der Waals surface area contributed by atoms with Crippen LogP contribution in [-0.2, 0) is 27.8 Å². The molecule has 0 aromatic rings. The molecule has 0 amide bonds. The Morgan fingerprint density at radius 1 is 0.704 bits per heavy atom. The Hall–Kier alpha value is -0.0231. The van der Waals surface area contributed by atoms with Crippen LogP contribution < -0.4 is 0 Å². The van der Waals surface area contributed by atoms with Crippen LogP contribution in [-0.4, -0.2) is 73.6 Å². The van der Waals surface area contributed by atoms with E-state index in [2.05, 4.69) is 13.8 Å². The summed E-state index contributed by atoms with van der Waals surface area (Å²) in [5, 5.41) is 0. The van der Waals surface area contributed by atoms with Gasteiger partial charge < -0.3 is 27.8 Å². The van der Waals surface area contributed by atoms with Crippen molar-refractivity contribution in [3.8, 4) is 0 Å². The molecule has 160 valence electrons. The summed E-state index contributed by atoms with van der Waals surface area (Å²) in [7, 11) is -2.22. The third-order valence-corrected chi connectivity index (χ3v) is 8.52. The lowest BCUT2D eigenvalue weighted by Gasteiger charge is -2.31. The number of unbranched alkanes of at least 4 members (excludes halogenated alkanes) is 2. The van der Waals surface area contributed by atoms with Crippen molar-refractivity contribution >= 4 is 8.56 Å². The molecule has 0 aromatic heterocycles. The van der Waals surface area contributed by atoms with Gasteiger partial charge in [0.05, 0.1) is 26.4 Å². The Labute approximate surface area is 166 Å². The summed E-state index contributed by atoms with van der Waals surface area (Å²) in [4.78, 5) is 0. The standard InChI is InChI=1S/C20H40O6Si/c1-3-5-11-25-27(26-12-6-4-2,13-7-9-21-15-19-17-23-19)14-8-10-22-16-20-18-24-20/h19-20H,3-18H2,1-2H3. The third kappa shape index (κ3) is 11.5. The Morgan fingerprint density at radius 3 is 1.52 bits per heavy atom. The molecule has 2 rings (SSSR count). The van der Waals surface area contributed by atoms with Crippen molar-refractivity contribution in [1.82, 2.24) is 0 Å². The number of hydrogen-bond acceptors (Lipinski definition) is 6. The van der Waals surface area contributed by atoms with Gasteiger partial charge in [-0.3, -0.25) is 0 Å². The fourth-order valence-corrected chi connectivity index (χ4v) is 6.21. The highest BCUT2D eigenvalue weighted by Crippen LogP contribution is 2.25. The van der Waals surface area contributed by atoms with E-state index in [-0.39, 0.29) is 0 Å². The predicted molar refractivity (Wildman–Crippen MR) is 107 cm³/mol. The molecule has 2 aliphatic rings. The molecular weight excluding hydrogens is 364 g/mol. The van der Waals surface area contributed by atoms with Crippen molar-refractivity contribution in [2.75, 3.05) is 52.9 Å². The molecule has 0 radical (unpaired) electrons. The van der Waals surface area contributed by atoms with Crippen LogP contribution in [0.15, 0.2) is 0 Å². The smallest absolute Gasteiger partial charge is 0.338 e. The predicted octanol–water partition coefficient (Wildman–Crippen LogP) is 3.67. The van der Waals surface area contributed by atoms with Crippen LogP contribution >= 0.6 is 0 Å². The fourth-order valence-electron chi connectivity index (χ4n) is 2.91. The molecule has 0 aliphatic carbocycles. The zero-order chi connectivity index (χ0) is 19.2. The van der Waals surface area contributed by atoms with Gasteiger partial charge in [-0.25, -0.2) is 0 Å². The number of ether oxygens (including phenoxy) is 4. The molecule has 2 saturated heterocycles. The second-order valence-electron chi connectivity index (χ2n) is 7.58. The van der Waals surface area contributed by atoms with E-state index in [9.17, 15) is 0 Å². The van der Waals surface area contributed by atoms with Crippen LogP contribution in [0.5, 0.6) is 0 Å². The Bertz CT molecular complexity index is 328. The Kier molecular flexibility index (Phi) is 12.1. The number of hydrogen-bond donors (Lipinski definition) is 0. The van der Waals surface area contributed by atoms with E-state index in [1.165, 1.54) is 0 Å². The topological polar surface area (TPSA) is 62.0 Å². The van der Waals surface area contributed by atoms with Gasteiger partial charge in [0, 0.05) is 26.4 Å². The van der Waals surface area contributed by atoms with Crippen LogP contribution in [0, 0.1) is 0 Å². The molecule has 2 heterocycles. The highest BCUT2D eigenvalue weighted by molar-refractivity contribution is 6.67. The second kappa shape index (κ2) is 14.0. The van der Waals surface area contributed by atoms with Gasteiger partial charge in [0.15, 0.2) is 0 Å². The molecule has 0 bridgehead atoms. The Balaban J connectivity index is 1.74. The molecule has 6 nitrogen and oxygen atoms in total. The average Bonchev–Trinajstić information content (AvgIpc) is 3.56. The van der Waals surface area contributed by atoms with Crippen molar-refractivity contribution in [2.45, 2.75) is 76.7 Å². The van der Waals surface area contributed by atoms with Crippen molar-refractivity contribution in [2.24, 2.45) is 0 Å². The zero-order valence-electron chi connectivity index (χ0n) is 17.4. The lowest BCUT2D eigenvalue weighted by molar-refractivity contribution is 0.106. The van der Waals surface area contributed by atoms with Crippen molar-refractivity contribution in [3.05, 3.63) is 0 Å². The molecule has 7 heteroatoms. The first-order chi connectivity index (χ1) is 13.3. The number of epoxide rings is 2. The molecule has 0 aromatic carbocycles. The highest BCUT2D eigenvalue weighted by Gasteiger charge is 2.37. The van der Waals surface area contributed by atoms with E-state index in [4.69, 9.17) is 27.8 Å². The Morgan fingerprint density at radius 2 is 1.15 bits per heavy atom. The van der Waals surface area contributed by atoms with Crippen LogP contribution in [0.1, 0.15) is 52.4 Å². The third-order valence-electron chi connectivity index (χ3n) is 4.83. The minimum Gasteiger partial charge on any atom is -0.394 e. The van der Waals surface area contributed by atoms with E-state index < -0.39 is 8.56 Å². The minimum absolute atomic E-state index is 0.334. The lowest BCUT2D eigenvalue weighted by atomic mass is 10.4. The van der Waals surface area contributed by atoms with Crippen molar-refractivity contribution in [1.29, 1.82) is 0 Å². The molecule has 27 heavy (non-hydrogen) atoms. The maximum absolute atomic E-state index is 6.45. The van der Waals surface area contributed by atoms with Gasteiger partial charge >= 0.3 is 8.56 Å². The number of rotatable bonds is 20. The largest absolute Gasteiger partial charge is 0.394 e. The summed E-state index contributed by atoms with van der Waals surface area (Å²) in [6.07, 6.45) is 7.14. The summed E-state index contributed by atoms with van der Waals surface area (Å²) in [5.41, 5.74) is 0. The van der Waals surface area contributed by atoms with Gasteiger partial charge in [-0.15, -0.1) is 0 Å². The molecule has 2 aliphatic heterocycles. The van der Waals surface area contributed by atoms with Crippen LogP contribution in [0.25, 0.3) is 0 Å². The van der Waals surface area contributed by atoms with Gasteiger partial charge in [0.1, 0.15) is 12.2 Å². The minimum atomic E-state index is -2.22. The summed E-state index contributed by atoms with van der Waals surface area (Å²) in [6, 6.07) is 2.00. The van der Waals surface area contributed by atoms with E-state index >= 15 is 0 Å². The molecule has 2 fully saturated rings. The highest BCUT2D eigenvalue weighted by atomic mass is 28.4. The first-order valence-electron chi connectivity index (χ1n) is 10.9. The van der Waals surface area contributed by atoms with E-state index in [1.54, 1.807) is 0 Å². The first-order valence-corrected chi connectivity index (χ1v) is 13.2. The van der Waals surface area contributed by atoms with Crippen molar-refractivity contribution in [3.63, 3.8) is 0 Å². The van der Waals surface area contributed by atoms with E-state index in [1.807, 2.05) is 0 Å². The quantitative estimate of drug-likeness (QED) is 0.175. The second-order valence-corrected chi connectivity index (χ2v) is 11.0. The molecule has 2 unspecified atom stereocenters. The summed E-state index contributed by atoms with van der Waals surface area (Å²) in [5.74, 6) is 0. The SMILES string of the molecule is CCCCO[Si](CCCOCC1CO1)(CCCOCC1CO1)OCCCC.